The number of sulfonamides is 1. The number of halogens is 1. The summed E-state index contributed by atoms with van der Waals surface area (Å²) in [7, 11) is -1.03. The molecule has 0 aliphatic rings. The van der Waals surface area contributed by atoms with Gasteiger partial charge in [-0.25, -0.2) is 8.42 Å². The van der Waals surface area contributed by atoms with Crippen molar-refractivity contribution in [2.24, 2.45) is 0 Å². The zero-order valence-electron chi connectivity index (χ0n) is 20.2. The van der Waals surface area contributed by atoms with Crippen LogP contribution in [0.15, 0.2) is 88.2 Å². The molecule has 0 aliphatic carbocycles. The lowest BCUT2D eigenvalue weighted by Crippen LogP contribution is -2.50. The molecule has 0 unspecified atom stereocenters. The van der Waals surface area contributed by atoms with Gasteiger partial charge in [0.15, 0.2) is 0 Å². The molecule has 0 bridgehead atoms. The Hall–Kier alpha value is -3.37. The fourth-order valence-electron chi connectivity index (χ4n) is 3.57. The predicted molar refractivity (Wildman–Crippen MR) is 142 cm³/mol. The maximum atomic E-state index is 13.7. The van der Waals surface area contributed by atoms with Crippen molar-refractivity contribution in [2.75, 3.05) is 25.0 Å². The molecule has 3 aromatic rings. The highest BCUT2D eigenvalue weighted by molar-refractivity contribution is 9.10. The van der Waals surface area contributed by atoms with Gasteiger partial charge in [0.1, 0.15) is 18.3 Å². The molecule has 10 heteroatoms. The summed E-state index contributed by atoms with van der Waals surface area (Å²) >= 11 is 3.36. The van der Waals surface area contributed by atoms with Gasteiger partial charge in [-0.05, 0) is 61.0 Å². The van der Waals surface area contributed by atoms with Gasteiger partial charge in [-0.2, -0.15) is 0 Å². The Balaban J connectivity index is 1.99. The van der Waals surface area contributed by atoms with E-state index >= 15 is 0 Å². The van der Waals surface area contributed by atoms with E-state index in [4.69, 9.17) is 4.74 Å². The molecule has 0 saturated carbocycles. The molecule has 0 aromatic heterocycles. The van der Waals surface area contributed by atoms with Gasteiger partial charge in [0.05, 0.1) is 17.7 Å². The molecule has 3 aromatic carbocycles. The largest absolute Gasteiger partial charge is 0.497 e. The van der Waals surface area contributed by atoms with Crippen LogP contribution in [-0.4, -0.2) is 51.9 Å². The highest BCUT2D eigenvalue weighted by atomic mass is 79.9. The van der Waals surface area contributed by atoms with Crippen LogP contribution in [0.2, 0.25) is 0 Å². The molecule has 1 N–H and O–H groups in total. The lowest BCUT2D eigenvalue weighted by Gasteiger charge is -2.31. The molecule has 0 saturated heterocycles. The molecular formula is C26H28BrN3O5S. The van der Waals surface area contributed by atoms with Crippen molar-refractivity contribution >= 4 is 43.5 Å². The summed E-state index contributed by atoms with van der Waals surface area (Å²) in [6.07, 6.45) is 0. The van der Waals surface area contributed by atoms with Crippen LogP contribution in [0.4, 0.5) is 5.69 Å². The van der Waals surface area contributed by atoms with Gasteiger partial charge in [0.25, 0.3) is 10.0 Å². The summed E-state index contributed by atoms with van der Waals surface area (Å²) < 4.78 is 34.3. The number of anilines is 1. The van der Waals surface area contributed by atoms with E-state index in [-0.39, 0.29) is 17.3 Å². The first-order valence-electron chi connectivity index (χ1n) is 11.1. The van der Waals surface area contributed by atoms with E-state index in [1.54, 1.807) is 80.8 Å². The molecule has 0 fully saturated rings. The number of hydrogen-bond acceptors (Lipinski definition) is 5. The van der Waals surface area contributed by atoms with Gasteiger partial charge < -0.3 is 15.0 Å². The molecule has 190 valence electrons. The Morgan fingerprint density at radius 1 is 0.972 bits per heavy atom. The third-order valence-corrected chi connectivity index (χ3v) is 7.97. The van der Waals surface area contributed by atoms with Crippen LogP contribution in [0.3, 0.4) is 0 Å². The van der Waals surface area contributed by atoms with Gasteiger partial charge in [-0.15, -0.1) is 0 Å². The smallest absolute Gasteiger partial charge is 0.264 e. The average Bonchev–Trinajstić information content (AvgIpc) is 2.90. The van der Waals surface area contributed by atoms with Crippen LogP contribution >= 0.6 is 15.9 Å². The first kappa shape index (κ1) is 27.2. The zero-order chi connectivity index (χ0) is 26.3. The van der Waals surface area contributed by atoms with Gasteiger partial charge in [-0.1, -0.05) is 46.3 Å². The van der Waals surface area contributed by atoms with Gasteiger partial charge in [-0.3, -0.25) is 13.9 Å². The SMILES string of the molecule is CNC(=O)[C@H](C)N(Cc1ccc(OC)cc1)C(=O)CN(c1ccc(Br)cc1)S(=O)(=O)c1ccccc1. The van der Waals surface area contributed by atoms with Gasteiger partial charge in [0.2, 0.25) is 11.8 Å². The van der Waals surface area contributed by atoms with E-state index in [2.05, 4.69) is 21.2 Å². The lowest BCUT2D eigenvalue weighted by atomic mass is 10.1. The highest BCUT2D eigenvalue weighted by Crippen LogP contribution is 2.26. The highest BCUT2D eigenvalue weighted by Gasteiger charge is 2.32. The van der Waals surface area contributed by atoms with E-state index in [1.165, 1.54) is 24.1 Å². The Labute approximate surface area is 220 Å². The summed E-state index contributed by atoms with van der Waals surface area (Å²) in [5.74, 6) is -0.228. The standard InChI is InChI=1S/C26H28BrN3O5S/c1-19(26(32)28-2)29(17-20-9-15-23(35-3)16-10-20)25(31)18-30(22-13-11-21(27)12-14-22)36(33,34)24-7-5-4-6-8-24/h4-16,19H,17-18H2,1-3H3,(H,28,32)/t19-/m0/s1. The van der Waals surface area contributed by atoms with Crippen molar-refractivity contribution in [3.63, 3.8) is 0 Å². The summed E-state index contributed by atoms with van der Waals surface area (Å²) in [6, 6.07) is 20.8. The average molecular weight is 574 g/mol. The number of rotatable bonds is 10. The summed E-state index contributed by atoms with van der Waals surface area (Å²) in [5, 5.41) is 2.56. The van der Waals surface area contributed by atoms with Crippen LogP contribution in [0.1, 0.15) is 12.5 Å². The monoisotopic (exact) mass is 573 g/mol. The Morgan fingerprint density at radius 3 is 2.14 bits per heavy atom. The quantitative estimate of drug-likeness (QED) is 0.398. The molecule has 0 spiro atoms. The molecule has 2 amide bonds. The molecule has 36 heavy (non-hydrogen) atoms. The van der Waals surface area contributed by atoms with E-state index in [0.717, 1.165) is 14.3 Å². The molecule has 0 heterocycles. The van der Waals surface area contributed by atoms with Crippen LogP contribution < -0.4 is 14.4 Å². The number of likely N-dealkylation sites (N-methyl/N-ethyl adjacent to an activating group) is 1. The number of carbonyl (C=O) groups excluding carboxylic acids is 2. The van der Waals surface area contributed by atoms with Crippen LogP contribution in [0.25, 0.3) is 0 Å². The minimum Gasteiger partial charge on any atom is -0.497 e. The van der Waals surface area contributed by atoms with Crippen molar-refractivity contribution in [3.8, 4) is 5.75 Å². The number of nitrogens with zero attached hydrogens (tertiary/aromatic N) is 2. The normalized spacial score (nSPS) is 11.9. The van der Waals surface area contributed by atoms with E-state index in [1.807, 2.05) is 0 Å². The topological polar surface area (TPSA) is 96.0 Å². The second-order valence-electron chi connectivity index (χ2n) is 7.96. The maximum Gasteiger partial charge on any atom is 0.264 e. The minimum atomic E-state index is -4.08. The Morgan fingerprint density at radius 2 is 1.58 bits per heavy atom. The van der Waals surface area contributed by atoms with Crippen molar-refractivity contribution in [2.45, 2.75) is 24.4 Å². The Bertz CT molecular complexity index is 1280. The Kier molecular flexibility index (Phi) is 9.11. The summed E-state index contributed by atoms with van der Waals surface area (Å²) in [5.41, 5.74) is 1.09. The third kappa shape index (κ3) is 6.44. The van der Waals surface area contributed by atoms with Crippen molar-refractivity contribution in [1.82, 2.24) is 10.2 Å². The van der Waals surface area contributed by atoms with Crippen LogP contribution in [0.5, 0.6) is 5.75 Å². The molecule has 0 radical (unpaired) electrons. The summed E-state index contributed by atoms with van der Waals surface area (Å²) in [4.78, 5) is 27.6. The second-order valence-corrected chi connectivity index (χ2v) is 10.7. The fourth-order valence-corrected chi connectivity index (χ4v) is 5.27. The lowest BCUT2D eigenvalue weighted by molar-refractivity contribution is -0.139. The number of hydrogen-bond donors (Lipinski definition) is 1. The first-order chi connectivity index (χ1) is 17.2. The minimum absolute atomic E-state index is 0.0572. The van der Waals surface area contributed by atoms with Crippen molar-refractivity contribution in [3.05, 3.63) is 88.9 Å². The molecule has 8 nitrogen and oxygen atoms in total. The predicted octanol–water partition coefficient (Wildman–Crippen LogP) is 3.82. The van der Waals surface area contributed by atoms with E-state index in [9.17, 15) is 18.0 Å². The molecule has 3 rings (SSSR count). The number of benzene rings is 3. The molecular weight excluding hydrogens is 546 g/mol. The number of carbonyl (C=O) groups is 2. The number of ether oxygens (including phenoxy) is 1. The zero-order valence-corrected chi connectivity index (χ0v) is 22.6. The van der Waals surface area contributed by atoms with Crippen molar-refractivity contribution < 1.29 is 22.7 Å². The number of amides is 2. The molecule has 1 atom stereocenters. The van der Waals surface area contributed by atoms with E-state index < -0.39 is 28.5 Å². The maximum absolute atomic E-state index is 13.7. The summed E-state index contributed by atoms with van der Waals surface area (Å²) in [6.45, 7) is 1.23. The van der Waals surface area contributed by atoms with Crippen molar-refractivity contribution in [1.29, 1.82) is 0 Å². The second kappa shape index (κ2) is 12.0. The van der Waals surface area contributed by atoms with Crippen LogP contribution in [0, 0.1) is 0 Å². The fraction of sp³-hybridized carbons (Fsp3) is 0.231. The third-order valence-electron chi connectivity index (χ3n) is 5.65. The number of methoxy groups -OCH3 is 1. The van der Waals surface area contributed by atoms with E-state index in [0.29, 0.717) is 11.4 Å². The first-order valence-corrected chi connectivity index (χ1v) is 13.4. The van der Waals surface area contributed by atoms with Crippen LogP contribution in [-0.2, 0) is 26.2 Å². The van der Waals surface area contributed by atoms with Gasteiger partial charge >= 0.3 is 0 Å². The number of nitrogens with one attached hydrogen (secondary N) is 1. The molecule has 0 aliphatic heterocycles. The van der Waals surface area contributed by atoms with Gasteiger partial charge in [0, 0.05) is 18.1 Å².